The minimum absolute atomic E-state index is 0.344. The number of nitrogens with one attached hydrogen (secondary N) is 1. The molecule has 1 heterocycles. The van der Waals surface area contributed by atoms with Gasteiger partial charge in [0, 0.05) is 27.1 Å². The van der Waals surface area contributed by atoms with Gasteiger partial charge in [-0.3, -0.25) is 4.79 Å². The summed E-state index contributed by atoms with van der Waals surface area (Å²) >= 11 is 13.1. The van der Waals surface area contributed by atoms with Gasteiger partial charge in [0.2, 0.25) is 0 Å². The van der Waals surface area contributed by atoms with E-state index in [1.54, 1.807) is 6.07 Å². The number of rotatable bonds is 3. The van der Waals surface area contributed by atoms with Gasteiger partial charge in [-0.25, -0.2) is 4.79 Å². The van der Waals surface area contributed by atoms with Gasteiger partial charge in [-0.1, -0.05) is 23.2 Å². The van der Waals surface area contributed by atoms with Crippen LogP contribution >= 0.6 is 35.0 Å². The maximum Gasteiger partial charge on any atom is 0.346 e. The van der Waals surface area contributed by atoms with E-state index in [9.17, 15) is 9.59 Å². The Kier molecular flexibility index (Phi) is 4.96. The summed E-state index contributed by atoms with van der Waals surface area (Å²) < 4.78 is 4.68. The van der Waals surface area contributed by atoms with Gasteiger partial charge < -0.3 is 10.1 Å². The molecule has 0 radical (unpaired) electrons. The molecule has 1 aromatic rings. The van der Waals surface area contributed by atoms with Gasteiger partial charge in [-0.15, -0.1) is 11.8 Å². The fraction of sp³-hybridized carbons (Fsp3) is 0.231. The lowest BCUT2D eigenvalue weighted by Gasteiger charge is -2.08. The molecule has 4 nitrogen and oxygen atoms in total. The van der Waals surface area contributed by atoms with Crippen LogP contribution in [0.15, 0.2) is 28.8 Å². The quantitative estimate of drug-likeness (QED) is 0.864. The zero-order chi connectivity index (χ0) is 14.7. The fourth-order valence-corrected chi connectivity index (χ4v) is 3.31. The molecule has 0 atom stereocenters. The van der Waals surface area contributed by atoms with E-state index in [0.717, 1.165) is 5.75 Å². The molecular weight excluding hydrogens is 321 g/mol. The van der Waals surface area contributed by atoms with E-state index in [1.807, 2.05) is 0 Å². The monoisotopic (exact) mass is 331 g/mol. The van der Waals surface area contributed by atoms with Gasteiger partial charge in [0.15, 0.2) is 0 Å². The van der Waals surface area contributed by atoms with Crippen molar-refractivity contribution in [2.45, 2.75) is 6.42 Å². The third-order valence-electron chi connectivity index (χ3n) is 2.63. The highest BCUT2D eigenvalue weighted by Crippen LogP contribution is 2.31. The average molecular weight is 332 g/mol. The molecule has 1 aliphatic rings. The van der Waals surface area contributed by atoms with Gasteiger partial charge in [0.1, 0.15) is 4.91 Å². The fourth-order valence-electron chi connectivity index (χ4n) is 1.74. The van der Waals surface area contributed by atoms with E-state index in [0.29, 0.717) is 32.6 Å². The van der Waals surface area contributed by atoms with Crippen molar-refractivity contribution in [3.05, 3.63) is 44.4 Å². The normalized spacial score (nSPS) is 14.3. The van der Waals surface area contributed by atoms with Crippen LogP contribution in [0.1, 0.15) is 16.8 Å². The highest BCUT2D eigenvalue weighted by atomic mass is 35.5. The summed E-state index contributed by atoms with van der Waals surface area (Å²) in [6.45, 7) is 0. The van der Waals surface area contributed by atoms with Crippen molar-refractivity contribution in [1.29, 1.82) is 0 Å². The van der Waals surface area contributed by atoms with E-state index in [4.69, 9.17) is 23.2 Å². The number of carbonyl (C=O) groups excluding carboxylic acids is 2. The van der Waals surface area contributed by atoms with Crippen LogP contribution in [-0.2, 0) is 9.53 Å². The Morgan fingerprint density at radius 3 is 2.50 bits per heavy atom. The van der Waals surface area contributed by atoms with Crippen molar-refractivity contribution in [2.24, 2.45) is 0 Å². The zero-order valence-corrected chi connectivity index (χ0v) is 12.9. The van der Waals surface area contributed by atoms with E-state index < -0.39 is 5.97 Å². The number of amides is 1. The molecular formula is C13H11Cl2NO3S. The molecule has 1 aromatic carbocycles. The summed E-state index contributed by atoms with van der Waals surface area (Å²) in [5, 5.41) is 3.48. The molecule has 1 N–H and O–H groups in total. The van der Waals surface area contributed by atoms with Crippen molar-refractivity contribution < 1.29 is 14.3 Å². The highest BCUT2D eigenvalue weighted by molar-refractivity contribution is 8.04. The van der Waals surface area contributed by atoms with Crippen LogP contribution in [0.3, 0.4) is 0 Å². The molecule has 2 rings (SSSR count). The molecule has 106 valence electrons. The van der Waals surface area contributed by atoms with Gasteiger partial charge in [-0.05, 0) is 24.6 Å². The number of carbonyl (C=O) groups is 2. The molecule has 0 aromatic heterocycles. The van der Waals surface area contributed by atoms with E-state index in [2.05, 4.69) is 10.1 Å². The van der Waals surface area contributed by atoms with Crippen LogP contribution < -0.4 is 5.32 Å². The molecule has 1 amide bonds. The summed E-state index contributed by atoms with van der Waals surface area (Å²) in [5.74, 6) is -0.0590. The maximum absolute atomic E-state index is 12.1. The van der Waals surface area contributed by atoms with Crippen LogP contribution in [0.5, 0.6) is 0 Å². The number of halogens is 2. The molecule has 7 heteroatoms. The lowest BCUT2D eigenvalue weighted by molar-refractivity contribution is -0.135. The number of methoxy groups -OCH3 is 1. The van der Waals surface area contributed by atoms with Crippen molar-refractivity contribution >= 4 is 46.8 Å². The minimum atomic E-state index is -0.438. The third-order valence-corrected chi connectivity index (χ3v) is 4.18. The number of thioether (sulfide) groups is 1. The molecule has 20 heavy (non-hydrogen) atoms. The van der Waals surface area contributed by atoms with Crippen LogP contribution in [0.25, 0.3) is 0 Å². The Labute approximate surface area is 130 Å². The Hall–Kier alpha value is -1.17. The summed E-state index contributed by atoms with van der Waals surface area (Å²) in [7, 11) is 1.31. The topological polar surface area (TPSA) is 55.4 Å². The molecule has 0 bridgehead atoms. The second kappa shape index (κ2) is 6.52. The predicted molar refractivity (Wildman–Crippen MR) is 80.0 cm³/mol. The Morgan fingerprint density at radius 1 is 1.25 bits per heavy atom. The number of ether oxygens (including phenoxy) is 1. The first-order valence-electron chi connectivity index (χ1n) is 5.73. The zero-order valence-electron chi connectivity index (χ0n) is 10.5. The van der Waals surface area contributed by atoms with E-state index in [1.165, 1.54) is 31.0 Å². The molecule has 0 saturated carbocycles. The number of benzene rings is 1. The smallest absolute Gasteiger partial charge is 0.346 e. The second-order valence-corrected chi connectivity index (χ2v) is 5.99. The van der Waals surface area contributed by atoms with Crippen molar-refractivity contribution in [1.82, 2.24) is 5.32 Å². The number of allylic oxidation sites excluding steroid dienone is 1. The SMILES string of the molecule is COC(=O)C1=C(NC(=O)c2cc(Cl)cc(Cl)c2)CCS1. The van der Waals surface area contributed by atoms with Crippen LogP contribution in [0.4, 0.5) is 0 Å². The van der Waals surface area contributed by atoms with Crippen molar-refractivity contribution in [2.75, 3.05) is 12.9 Å². The first kappa shape index (κ1) is 15.2. The van der Waals surface area contributed by atoms with Gasteiger partial charge >= 0.3 is 5.97 Å². The minimum Gasteiger partial charge on any atom is -0.465 e. The van der Waals surface area contributed by atoms with Gasteiger partial charge in [0.05, 0.1) is 7.11 Å². The lowest BCUT2D eigenvalue weighted by atomic mass is 10.2. The van der Waals surface area contributed by atoms with Crippen LogP contribution in [0.2, 0.25) is 10.0 Å². The molecule has 1 aliphatic heterocycles. The van der Waals surface area contributed by atoms with E-state index >= 15 is 0 Å². The Morgan fingerprint density at radius 2 is 1.90 bits per heavy atom. The van der Waals surface area contributed by atoms with Gasteiger partial charge in [-0.2, -0.15) is 0 Å². The van der Waals surface area contributed by atoms with Crippen molar-refractivity contribution in [3.63, 3.8) is 0 Å². The first-order valence-corrected chi connectivity index (χ1v) is 7.47. The van der Waals surface area contributed by atoms with Gasteiger partial charge in [0.25, 0.3) is 5.91 Å². The standard InChI is InChI=1S/C13H11Cl2NO3S/c1-19-13(18)11-10(2-3-20-11)16-12(17)7-4-8(14)6-9(15)5-7/h4-6H,2-3H2,1H3,(H,16,17). The summed E-state index contributed by atoms with van der Waals surface area (Å²) in [6, 6.07) is 4.58. The van der Waals surface area contributed by atoms with Crippen molar-refractivity contribution in [3.8, 4) is 0 Å². The Balaban J connectivity index is 2.21. The summed E-state index contributed by atoms with van der Waals surface area (Å²) in [5.41, 5.74) is 0.916. The molecule has 0 spiro atoms. The average Bonchev–Trinajstić information content (AvgIpc) is 2.84. The summed E-state index contributed by atoms with van der Waals surface area (Å²) in [6.07, 6.45) is 0.606. The predicted octanol–water partition coefficient (Wildman–Crippen LogP) is 3.24. The molecule has 0 aliphatic carbocycles. The molecule has 0 unspecified atom stereocenters. The molecule has 0 fully saturated rings. The lowest BCUT2D eigenvalue weighted by Crippen LogP contribution is -2.24. The van der Waals surface area contributed by atoms with Crippen LogP contribution in [-0.4, -0.2) is 24.7 Å². The summed E-state index contributed by atoms with van der Waals surface area (Å²) in [4.78, 5) is 24.1. The second-order valence-electron chi connectivity index (χ2n) is 4.01. The molecule has 0 saturated heterocycles. The first-order chi connectivity index (χ1) is 9.51. The van der Waals surface area contributed by atoms with Crippen LogP contribution in [0, 0.1) is 0 Å². The number of esters is 1. The number of hydrogen-bond donors (Lipinski definition) is 1. The number of hydrogen-bond acceptors (Lipinski definition) is 4. The maximum atomic E-state index is 12.1. The third kappa shape index (κ3) is 3.48. The Bertz CT molecular complexity index is 581. The highest BCUT2D eigenvalue weighted by Gasteiger charge is 2.24. The largest absolute Gasteiger partial charge is 0.465 e. The van der Waals surface area contributed by atoms with E-state index in [-0.39, 0.29) is 5.91 Å².